The zero-order chi connectivity index (χ0) is 9.72. The largest absolute Gasteiger partial charge is 0.481 e. The Bertz CT molecular complexity index is 178. The number of aliphatic carboxylic acids is 1. The van der Waals surface area contributed by atoms with E-state index in [1.54, 1.807) is 13.8 Å². The summed E-state index contributed by atoms with van der Waals surface area (Å²) < 4.78 is 4.66. The number of carboxylic acid groups (broad SMARTS) is 1. The fourth-order valence-corrected chi connectivity index (χ4v) is 0.802. The Kier molecular flexibility index (Phi) is 4.66. The number of halogens is 1. The Balaban J connectivity index is 4.13. The Labute approximate surface area is 75.5 Å². The quantitative estimate of drug-likeness (QED) is 0.410. The van der Waals surface area contributed by atoms with Crippen LogP contribution in [0.1, 0.15) is 13.8 Å². The molecule has 1 unspecified atom stereocenters. The number of ether oxygens (including phenoxy) is 1. The molecule has 0 saturated heterocycles. The average Bonchev–Trinajstić information content (AvgIpc) is 1.85. The highest BCUT2D eigenvalue weighted by atomic mass is 35.5. The van der Waals surface area contributed by atoms with Crippen LogP contribution in [0.2, 0.25) is 0 Å². The number of hydrogen-bond donors (Lipinski definition) is 1. The fraction of sp³-hybridized carbons (Fsp3) is 0.714. The van der Waals surface area contributed by atoms with E-state index >= 15 is 0 Å². The van der Waals surface area contributed by atoms with Crippen LogP contribution in [-0.4, -0.2) is 29.0 Å². The zero-order valence-electron chi connectivity index (χ0n) is 6.91. The van der Waals surface area contributed by atoms with Crippen molar-refractivity contribution < 1.29 is 19.4 Å². The topological polar surface area (TPSA) is 63.6 Å². The van der Waals surface area contributed by atoms with E-state index in [1.807, 2.05) is 0 Å². The summed E-state index contributed by atoms with van der Waals surface area (Å²) >= 11 is 5.26. The van der Waals surface area contributed by atoms with E-state index in [0.29, 0.717) is 0 Å². The Morgan fingerprint density at radius 3 is 2.25 bits per heavy atom. The zero-order valence-corrected chi connectivity index (χ0v) is 7.67. The van der Waals surface area contributed by atoms with Gasteiger partial charge in [0.15, 0.2) is 5.92 Å². The smallest absolute Gasteiger partial charge is 0.321 e. The number of carboxylic acids is 1. The Hall–Kier alpha value is -0.770. The van der Waals surface area contributed by atoms with Crippen LogP contribution in [0, 0.1) is 5.92 Å². The van der Waals surface area contributed by atoms with Crippen molar-refractivity contribution in [3.8, 4) is 0 Å². The second-order valence-electron chi connectivity index (χ2n) is 2.53. The van der Waals surface area contributed by atoms with Gasteiger partial charge in [0, 0.05) is 5.88 Å². The van der Waals surface area contributed by atoms with Crippen LogP contribution in [0.25, 0.3) is 0 Å². The molecule has 0 rings (SSSR count). The van der Waals surface area contributed by atoms with Crippen molar-refractivity contribution >= 4 is 23.5 Å². The van der Waals surface area contributed by atoms with Crippen molar-refractivity contribution in [3.63, 3.8) is 0 Å². The lowest BCUT2D eigenvalue weighted by molar-refractivity contribution is -0.160. The molecule has 4 nitrogen and oxygen atoms in total. The second kappa shape index (κ2) is 4.98. The third kappa shape index (κ3) is 3.57. The maximum Gasteiger partial charge on any atom is 0.321 e. The number of hydrogen-bond acceptors (Lipinski definition) is 3. The van der Waals surface area contributed by atoms with Crippen molar-refractivity contribution in [2.24, 2.45) is 5.92 Å². The van der Waals surface area contributed by atoms with Gasteiger partial charge in [0.05, 0.1) is 6.10 Å². The van der Waals surface area contributed by atoms with Gasteiger partial charge in [-0.05, 0) is 13.8 Å². The molecule has 0 aliphatic rings. The molecule has 5 heteroatoms. The van der Waals surface area contributed by atoms with E-state index in [2.05, 4.69) is 4.74 Å². The highest BCUT2D eigenvalue weighted by molar-refractivity contribution is 6.21. The van der Waals surface area contributed by atoms with Gasteiger partial charge in [0.25, 0.3) is 0 Å². The average molecular weight is 195 g/mol. The molecular formula is C7H11ClO4. The molecule has 0 aromatic rings. The molecule has 0 amide bonds. The number of alkyl halides is 1. The molecule has 0 aromatic carbocycles. The van der Waals surface area contributed by atoms with Gasteiger partial charge in [-0.2, -0.15) is 0 Å². The van der Waals surface area contributed by atoms with Crippen molar-refractivity contribution in [2.45, 2.75) is 20.0 Å². The lowest BCUT2D eigenvalue weighted by Gasteiger charge is -2.11. The molecule has 0 spiro atoms. The first kappa shape index (κ1) is 11.2. The van der Waals surface area contributed by atoms with Crippen molar-refractivity contribution in [2.75, 3.05) is 5.88 Å². The van der Waals surface area contributed by atoms with Crippen LogP contribution in [0.5, 0.6) is 0 Å². The van der Waals surface area contributed by atoms with E-state index in [0.717, 1.165) is 0 Å². The van der Waals surface area contributed by atoms with Crippen LogP contribution in [-0.2, 0) is 14.3 Å². The van der Waals surface area contributed by atoms with Gasteiger partial charge >= 0.3 is 11.9 Å². The molecule has 0 aliphatic carbocycles. The monoisotopic (exact) mass is 194 g/mol. The highest BCUT2D eigenvalue weighted by Gasteiger charge is 2.27. The molecular weight excluding hydrogens is 184 g/mol. The van der Waals surface area contributed by atoms with Crippen LogP contribution in [0.3, 0.4) is 0 Å². The Morgan fingerprint density at radius 2 is 2.00 bits per heavy atom. The van der Waals surface area contributed by atoms with E-state index < -0.39 is 17.9 Å². The first-order valence-electron chi connectivity index (χ1n) is 3.48. The second-order valence-corrected chi connectivity index (χ2v) is 2.84. The molecule has 0 saturated carbocycles. The van der Waals surface area contributed by atoms with Crippen LogP contribution in [0.15, 0.2) is 0 Å². The lowest BCUT2D eigenvalue weighted by atomic mass is 10.2. The summed E-state index contributed by atoms with van der Waals surface area (Å²) in [6.45, 7) is 3.29. The normalized spacial score (nSPS) is 12.7. The lowest BCUT2D eigenvalue weighted by Crippen LogP contribution is -2.29. The Morgan fingerprint density at radius 1 is 1.50 bits per heavy atom. The highest BCUT2D eigenvalue weighted by Crippen LogP contribution is 2.05. The van der Waals surface area contributed by atoms with Crippen molar-refractivity contribution in [1.29, 1.82) is 0 Å². The molecule has 12 heavy (non-hydrogen) atoms. The van der Waals surface area contributed by atoms with E-state index in [4.69, 9.17) is 16.7 Å². The predicted molar refractivity (Wildman–Crippen MR) is 43.1 cm³/mol. The number of carbonyl (C=O) groups excluding carboxylic acids is 1. The maximum atomic E-state index is 10.9. The maximum absolute atomic E-state index is 10.9. The van der Waals surface area contributed by atoms with Gasteiger partial charge in [0.1, 0.15) is 0 Å². The SMILES string of the molecule is CC(C)OC(=O)C(CCl)C(=O)O. The summed E-state index contributed by atoms with van der Waals surface area (Å²) in [6.07, 6.45) is -0.317. The van der Waals surface area contributed by atoms with E-state index in [1.165, 1.54) is 0 Å². The number of esters is 1. The molecule has 1 atom stereocenters. The van der Waals surface area contributed by atoms with Crippen LogP contribution in [0.4, 0.5) is 0 Å². The molecule has 0 aromatic heterocycles. The third-order valence-corrected chi connectivity index (χ3v) is 1.40. The van der Waals surface area contributed by atoms with E-state index in [9.17, 15) is 9.59 Å². The van der Waals surface area contributed by atoms with Crippen LogP contribution >= 0.6 is 11.6 Å². The summed E-state index contributed by atoms with van der Waals surface area (Å²) in [5, 5.41) is 8.47. The third-order valence-electron chi connectivity index (χ3n) is 1.09. The van der Waals surface area contributed by atoms with Gasteiger partial charge in [-0.1, -0.05) is 0 Å². The van der Waals surface area contributed by atoms with Gasteiger partial charge < -0.3 is 9.84 Å². The summed E-state index contributed by atoms with van der Waals surface area (Å²) in [7, 11) is 0. The van der Waals surface area contributed by atoms with Gasteiger partial charge in [-0.3, -0.25) is 9.59 Å². The van der Waals surface area contributed by atoms with Gasteiger partial charge in [-0.25, -0.2) is 0 Å². The molecule has 0 radical (unpaired) electrons. The first-order chi connectivity index (χ1) is 5.49. The fourth-order valence-electron chi connectivity index (χ4n) is 0.544. The molecule has 70 valence electrons. The van der Waals surface area contributed by atoms with E-state index in [-0.39, 0.29) is 12.0 Å². The minimum absolute atomic E-state index is 0.263. The molecule has 0 aliphatic heterocycles. The molecule has 0 bridgehead atoms. The predicted octanol–water partition coefficient (Wildman–Crippen LogP) is 0.878. The summed E-state index contributed by atoms with van der Waals surface area (Å²) in [5.74, 6) is -3.56. The van der Waals surface area contributed by atoms with Crippen LogP contribution < -0.4 is 0 Å². The van der Waals surface area contributed by atoms with Crippen molar-refractivity contribution in [1.82, 2.24) is 0 Å². The minimum atomic E-state index is -1.26. The van der Waals surface area contributed by atoms with Gasteiger partial charge in [0.2, 0.25) is 0 Å². The first-order valence-corrected chi connectivity index (χ1v) is 4.01. The number of rotatable bonds is 4. The standard InChI is InChI=1S/C7H11ClO4/c1-4(2)12-7(11)5(3-8)6(9)10/h4-5H,3H2,1-2H3,(H,9,10). The number of carbonyl (C=O) groups is 2. The molecule has 0 heterocycles. The summed E-state index contributed by atoms with van der Waals surface area (Å²) in [4.78, 5) is 21.3. The molecule has 0 fully saturated rings. The minimum Gasteiger partial charge on any atom is -0.481 e. The molecule has 1 N–H and O–H groups in total. The van der Waals surface area contributed by atoms with Crippen molar-refractivity contribution in [3.05, 3.63) is 0 Å². The summed E-state index contributed by atoms with van der Waals surface area (Å²) in [6, 6.07) is 0. The van der Waals surface area contributed by atoms with Gasteiger partial charge in [-0.15, -0.1) is 11.6 Å². The summed E-state index contributed by atoms with van der Waals surface area (Å²) in [5.41, 5.74) is 0.